The zero-order valence-electron chi connectivity index (χ0n) is 16.2. The fraction of sp³-hybridized carbons (Fsp3) is 0.368. The van der Waals surface area contributed by atoms with Crippen LogP contribution in [0, 0.1) is 5.92 Å². The number of aliphatic hydroxyl groups excluding tert-OH is 1. The molecule has 1 aromatic carbocycles. The van der Waals surface area contributed by atoms with Gasteiger partial charge in [-0.05, 0) is 29.8 Å². The van der Waals surface area contributed by atoms with Gasteiger partial charge in [0.15, 0.2) is 0 Å². The Morgan fingerprint density at radius 2 is 2.00 bits per heavy atom. The summed E-state index contributed by atoms with van der Waals surface area (Å²) < 4.78 is 0. The van der Waals surface area contributed by atoms with Crippen molar-refractivity contribution in [1.82, 2.24) is 9.97 Å². The van der Waals surface area contributed by atoms with Crippen LogP contribution < -0.4 is 20.9 Å². The number of benzene rings is 1. The second kappa shape index (κ2) is 7.43. The number of nitrogens with zero attached hydrogens (tertiary/aromatic N) is 4. The molecule has 3 atom stereocenters. The second-order valence-corrected chi connectivity index (χ2v) is 7.05. The predicted octanol–water partition coefficient (Wildman–Crippen LogP) is 1.12. The van der Waals surface area contributed by atoms with Crippen molar-refractivity contribution in [2.24, 2.45) is 11.7 Å². The molecule has 9 heteroatoms. The summed E-state index contributed by atoms with van der Waals surface area (Å²) in [5, 5.41) is 14.0. The molecule has 0 radical (unpaired) electrons. The van der Waals surface area contributed by atoms with E-state index < -0.39 is 24.1 Å². The van der Waals surface area contributed by atoms with Gasteiger partial charge < -0.3 is 21.1 Å². The minimum absolute atomic E-state index is 0.295. The van der Waals surface area contributed by atoms with Crippen LogP contribution in [0.3, 0.4) is 0 Å². The average molecular weight is 384 g/mol. The minimum Gasteiger partial charge on any atom is -0.373 e. The van der Waals surface area contributed by atoms with Crippen LogP contribution in [0.1, 0.15) is 35.8 Å². The Morgan fingerprint density at radius 3 is 2.61 bits per heavy atom. The summed E-state index contributed by atoms with van der Waals surface area (Å²) in [4.78, 5) is 35.7. The first-order chi connectivity index (χ1) is 13.2. The number of hydrogen-bond donors (Lipinski definition) is 3. The Balaban J connectivity index is 2.09. The van der Waals surface area contributed by atoms with Crippen molar-refractivity contribution in [3.63, 3.8) is 0 Å². The maximum Gasteiger partial charge on any atom is 0.248 e. The van der Waals surface area contributed by atoms with E-state index in [4.69, 9.17) is 5.73 Å². The lowest BCUT2D eigenvalue weighted by Crippen LogP contribution is -2.50. The van der Waals surface area contributed by atoms with Crippen molar-refractivity contribution < 1.29 is 14.7 Å². The van der Waals surface area contributed by atoms with Gasteiger partial charge in [0.2, 0.25) is 17.8 Å². The Hall–Kier alpha value is -3.20. The van der Waals surface area contributed by atoms with Gasteiger partial charge in [0.1, 0.15) is 12.0 Å². The predicted molar refractivity (Wildman–Crippen MR) is 106 cm³/mol. The highest BCUT2D eigenvalue weighted by Gasteiger charge is 2.40. The standard InChI is InChI=1S/C19H24N6O3/c1-10-16(23-19-21-8-7-15(22-19)24(3)4)13-9-12(17(20)27)5-6-14(13)25(11(2)26)18(10)28/h5-10,16,18,28H,1-4H3,(H2,20,27)(H,21,22,23)/t10-,16-,18+/m1/s1. The van der Waals surface area contributed by atoms with Crippen LogP contribution in [0.25, 0.3) is 0 Å². The Labute approximate surface area is 163 Å². The molecular formula is C19H24N6O3. The summed E-state index contributed by atoms with van der Waals surface area (Å²) in [6, 6.07) is 6.15. The summed E-state index contributed by atoms with van der Waals surface area (Å²) in [6.45, 7) is 3.20. The van der Waals surface area contributed by atoms with Gasteiger partial charge in [0, 0.05) is 38.7 Å². The molecule has 2 amide bonds. The van der Waals surface area contributed by atoms with Crippen LogP contribution >= 0.6 is 0 Å². The van der Waals surface area contributed by atoms with E-state index in [0.29, 0.717) is 22.8 Å². The molecule has 148 valence electrons. The van der Waals surface area contributed by atoms with Crippen molar-refractivity contribution in [2.75, 3.05) is 29.2 Å². The van der Waals surface area contributed by atoms with Gasteiger partial charge in [-0.15, -0.1) is 0 Å². The third-order valence-electron chi connectivity index (χ3n) is 4.89. The first-order valence-corrected chi connectivity index (χ1v) is 8.89. The van der Waals surface area contributed by atoms with Crippen LogP contribution in [0.15, 0.2) is 30.5 Å². The Bertz CT molecular complexity index is 916. The van der Waals surface area contributed by atoms with Crippen molar-refractivity contribution in [3.05, 3.63) is 41.6 Å². The molecule has 1 aliphatic rings. The molecule has 28 heavy (non-hydrogen) atoms. The molecule has 0 spiro atoms. The number of carbonyl (C=O) groups excluding carboxylic acids is 2. The van der Waals surface area contributed by atoms with Gasteiger partial charge >= 0.3 is 0 Å². The molecule has 0 saturated heterocycles. The smallest absolute Gasteiger partial charge is 0.248 e. The maximum absolute atomic E-state index is 12.1. The molecule has 0 fully saturated rings. The first kappa shape index (κ1) is 19.6. The number of aliphatic hydroxyl groups is 1. The number of nitrogens with one attached hydrogen (secondary N) is 1. The number of nitrogens with two attached hydrogens (primary N) is 1. The Morgan fingerprint density at radius 1 is 1.29 bits per heavy atom. The topological polar surface area (TPSA) is 125 Å². The van der Waals surface area contributed by atoms with Crippen LogP contribution in [0.2, 0.25) is 0 Å². The van der Waals surface area contributed by atoms with E-state index in [0.717, 1.165) is 5.82 Å². The van der Waals surface area contributed by atoms with E-state index in [-0.39, 0.29) is 5.91 Å². The highest BCUT2D eigenvalue weighted by molar-refractivity contribution is 5.97. The molecule has 0 aliphatic carbocycles. The van der Waals surface area contributed by atoms with Gasteiger partial charge in [-0.25, -0.2) is 4.98 Å². The van der Waals surface area contributed by atoms with E-state index in [1.807, 2.05) is 25.9 Å². The highest BCUT2D eigenvalue weighted by atomic mass is 16.3. The molecule has 4 N–H and O–H groups in total. The van der Waals surface area contributed by atoms with Gasteiger partial charge in [0.05, 0.1) is 11.7 Å². The van der Waals surface area contributed by atoms with Crippen LogP contribution in [0.4, 0.5) is 17.5 Å². The average Bonchev–Trinajstić information content (AvgIpc) is 2.65. The van der Waals surface area contributed by atoms with Crippen molar-refractivity contribution >= 4 is 29.3 Å². The lowest BCUT2D eigenvalue weighted by Gasteiger charge is -2.42. The quantitative estimate of drug-likeness (QED) is 0.721. The maximum atomic E-state index is 12.1. The van der Waals surface area contributed by atoms with Gasteiger partial charge in [0.25, 0.3) is 0 Å². The van der Waals surface area contributed by atoms with E-state index in [9.17, 15) is 14.7 Å². The molecule has 3 rings (SSSR count). The van der Waals surface area contributed by atoms with E-state index in [1.165, 1.54) is 11.8 Å². The zero-order chi connectivity index (χ0) is 20.6. The van der Waals surface area contributed by atoms with Crippen LogP contribution in [-0.4, -0.2) is 47.2 Å². The number of fused-ring (bicyclic) bond motifs is 1. The molecule has 0 unspecified atom stereocenters. The molecular weight excluding hydrogens is 360 g/mol. The first-order valence-electron chi connectivity index (χ1n) is 8.89. The van der Waals surface area contributed by atoms with Gasteiger partial charge in [-0.3, -0.25) is 14.5 Å². The lowest BCUT2D eigenvalue weighted by atomic mass is 9.85. The molecule has 2 aromatic rings. The molecule has 1 aliphatic heterocycles. The number of primary amides is 1. The van der Waals surface area contributed by atoms with Crippen LogP contribution in [-0.2, 0) is 4.79 Å². The summed E-state index contributed by atoms with van der Waals surface area (Å²) in [5.74, 6) is -0.164. The van der Waals surface area contributed by atoms with Crippen molar-refractivity contribution in [1.29, 1.82) is 0 Å². The fourth-order valence-corrected chi connectivity index (χ4v) is 3.38. The molecule has 0 saturated carbocycles. The SMILES string of the molecule is CC(=O)N1c2ccc(C(N)=O)cc2[C@H](Nc2nccc(N(C)C)n2)[C@@H](C)[C@@H]1O. The fourth-order valence-electron chi connectivity index (χ4n) is 3.38. The van der Waals surface area contributed by atoms with Crippen LogP contribution in [0.5, 0.6) is 0 Å². The van der Waals surface area contributed by atoms with Crippen molar-refractivity contribution in [2.45, 2.75) is 26.1 Å². The molecule has 1 aromatic heterocycles. The monoisotopic (exact) mass is 384 g/mol. The van der Waals surface area contributed by atoms with E-state index in [1.54, 1.807) is 30.5 Å². The van der Waals surface area contributed by atoms with Gasteiger partial charge in [-0.2, -0.15) is 4.98 Å². The molecule has 9 nitrogen and oxygen atoms in total. The normalized spacial score (nSPS) is 21.0. The number of aromatic nitrogens is 2. The number of amides is 2. The summed E-state index contributed by atoms with van der Waals surface area (Å²) in [5.41, 5.74) is 6.94. The molecule has 0 bridgehead atoms. The largest absolute Gasteiger partial charge is 0.373 e. The van der Waals surface area contributed by atoms with E-state index in [2.05, 4.69) is 15.3 Å². The molecule has 2 heterocycles. The number of anilines is 3. The van der Waals surface area contributed by atoms with Gasteiger partial charge in [-0.1, -0.05) is 6.92 Å². The minimum atomic E-state index is -1.04. The summed E-state index contributed by atoms with van der Waals surface area (Å²) >= 11 is 0. The second-order valence-electron chi connectivity index (χ2n) is 7.05. The third-order valence-corrected chi connectivity index (χ3v) is 4.89. The third kappa shape index (κ3) is 3.48. The van der Waals surface area contributed by atoms with E-state index >= 15 is 0 Å². The zero-order valence-corrected chi connectivity index (χ0v) is 16.2. The summed E-state index contributed by atoms with van der Waals surface area (Å²) in [7, 11) is 3.75. The number of rotatable bonds is 4. The summed E-state index contributed by atoms with van der Waals surface area (Å²) in [6.07, 6.45) is 0.593. The highest BCUT2D eigenvalue weighted by Crippen LogP contribution is 2.42. The Kier molecular flexibility index (Phi) is 5.19. The number of carbonyl (C=O) groups is 2. The van der Waals surface area contributed by atoms with Crippen molar-refractivity contribution in [3.8, 4) is 0 Å². The number of hydrogen-bond acceptors (Lipinski definition) is 7. The lowest BCUT2D eigenvalue weighted by molar-refractivity contribution is -0.119.